The number of carbonyl (C=O) groups is 1. The molecule has 1 aromatic rings. The Labute approximate surface area is 107 Å². The van der Waals surface area contributed by atoms with Gasteiger partial charge in [0.1, 0.15) is 5.75 Å². The average molecular weight is 248 g/mol. The molecule has 0 aliphatic carbocycles. The molecule has 1 aromatic carbocycles. The Balaban J connectivity index is 2.64. The highest BCUT2D eigenvalue weighted by molar-refractivity contribution is 5.66. The highest BCUT2D eigenvalue weighted by atomic mass is 16.5. The van der Waals surface area contributed by atoms with E-state index in [0.717, 1.165) is 11.3 Å². The van der Waals surface area contributed by atoms with E-state index in [1.165, 1.54) is 7.11 Å². The van der Waals surface area contributed by atoms with Crippen LogP contribution in [0.3, 0.4) is 0 Å². The van der Waals surface area contributed by atoms with Gasteiger partial charge in [-0.05, 0) is 17.7 Å². The van der Waals surface area contributed by atoms with Crippen LogP contribution >= 0.6 is 0 Å². The number of hydrazine groups is 1. The minimum Gasteiger partial charge on any atom is -0.497 e. The highest BCUT2D eigenvalue weighted by Crippen LogP contribution is 2.12. The molecular weight excluding hydrogens is 232 g/mol. The van der Waals surface area contributed by atoms with Crippen LogP contribution in [-0.4, -0.2) is 31.9 Å². The zero-order chi connectivity index (χ0) is 13.4. The largest absolute Gasteiger partial charge is 0.497 e. The number of terminal acetylenes is 1. The Morgan fingerprint density at radius 3 is 2.56 bits per heavy atom. The lowest BCUT2D eigenvalue weighted by Gasteiger charge is -2.20. The second-order valence-corrected chi connectivity index (χ2v) is 3.51. The molecule has 0 saturated heterocycles. The molecule has 1 rings (SSSR count). The van der Waals surface area contributed by atoms with Crippen molar-refractivity contribution in [2.45, 2.75) is 6.54 Å². The van der Waals surface area contributed by atoms with Gasteiger partial charge in [-0.1, -0.05) is 18.1 Å². The number of hydrogen-bond donors (Lipinski definition) is 1. The maximum absolute atomic E-state index is 11.1. The third kappa shape index (κ3) is 4.36. The van der Waals surface area contributed by atoms with E-state index in [1.54, 1.807) is 12.1 Å². The van der Waals surface area contributed by atoms with Crippen molar-refractivity contribution < 1.29 is 14.3 Å². The molecule has 1 N–H and O–H groups in total. The topological polar surface area (TPSA) is 50.8 Å². The molecule has 1 amide bonds. The van der Waals surface area contributed by atoms with Gasteiger partial charge in [-0.15, -0.1) is 6.42 Å². The van der Waals surface area contributed by atoms with Crippen LogP contribution in [0, 0.1) is 12.3 Å². The zero-order valence-corrected chi connectivity index (χ0v) is 10.5. The van der Waals surface area contributed by atoms with Crippen LogP contribution in [0.4, 0.5) is 4.79 Å². The Morgan fingerprint density at radius 2 is 2.06 bits per heavy atom. The maximum atomic E-state index is 11.1. The molecule has 18 heavy (non-hydrogen) atoms. The predicted molar refractivity (Wildman–Crippen MR) is 67.8 cm³/mol. The second kappa shape index (κ2) is 7.20. The van der Waals surface area contributed by atoms with Gasteiger partial charge in [-0.2, -0.15) is 0 Å². The van der Waals surface area contributed by atoms with E-state index in [2.05, 4.69) is 16.1 Å². The third-order valence-electron chi connectivity index (χ3n) is 2.25. The Morgan fingerprint density at radius 1 is 1.39 bits per heavy atom. The van der Waals surface area contributed by atoms with Gasteiger partial charge >= 0.3 is 6.09 Å². The number of hydrogen-bond acceptors (Lipinski definition) is 4. The first-order valence-corrected chi connectivity index (χ1v) is 5.35. The van der Waals surface area contributed by atoms with E-state index in [-0.39, 0.29) is 0 Å². The molecule has 0 saturated carbocycles. The highest BCUT2D eigenvalue weighted by Gasteiger charge is 2.08. The molecule has 5 nitrogen and oxygen atoms in total. The lowest BCUT2D eigenvalue weighted by molar-refractivity contribution is 0.126. The van der Waals surface area contributed by atoms with Crippen LogP contribution in [0.2, 0.25) is 0 Å². The van der Waals surface area contributed by atoms with E-state index in [9.17, 15) is 4.79 Å². The number of methoxy groups -OCH3 is 2. The van der Waals surface area contributed by atoms with Crippen LogP contribution in [0.25, 0.3) is 0 Å². The zero-order valence-electron chi connectivity index (χ0n) is 10.5. The van der Waals surface area contributed by atoms with E-state index in [0.29, 0.717) is 13.1 Å². The van der Waals surface area contributed by atoms with Crippen LogP contribution < -0.4 is 10.2 Å². The molecule has 96 valence electrons. The van der Waals surface area contributed by atoms with Crippen LogP contribution in [0.1, 0.15) is 5.56 Å². The lowest BCUT2D eigenvalue weighted by atomic mass is 10.2. The second-order valence-electron chi connectivity index (χ2n) is 3.51. The van der Waals surface area contributed by atoms with Crippen molar-refractivity contribution in [3.8, 4) is 18.1 Å². The summed E-state index contributed by atoms with van der Waals surface area (Å²) >= 11 is 0. The molecule has 0 heterocycles. The Bertz CT molecular complexity index is 423. The summed E-state index contributed by atoms with van der Waals surface area (Å²) in [5.74, 6) is 3.25. The molecule has 0 unspecified atom stereocenters. The minimum atomic E-state index is -0.543. The number of carbonyl (C=O) groups excluding carboxylic acids is 1. The van der Waals surface area contributed by atoms with Crippen molar-refractivity contribution in [1.82, 2.24) is 10.4 Å². The summed E-state index contributed by atoms with van der Waals surface area (Å²) in [7, 11) is 2.91. The SMILES string of the molecule is C#CCN(Cc1ccc(OC)cc1)NC(=O)OC. The number of benzene rings is 1. The maximum Gasteiger partial charge on any atom is 0.421 e. The normalized spacial score (nSPS) is 9.67. The smallest absolute Gasteiger partial charge is 0.421 e. The van der Waals surface area contributed by atoms with Crippen LogP contribution in [-0.2, 0) is 11.3 Å². The van der Waals surface area contributed by atoms with Gasteiger partial charge in [-0.3, -0.25) is 5.43 Å². The summed E-state index contributed by atoms with van der Waals surface area (Å²) in [6.45, 7) is 0.782. The number of nitrogens with zero attached hydrogens (tertiary/aromatic N) is 1. The van der Waals surface area contributed by atoms with Gasteiger partial charge in [0.15, 0.2) is 0 Å². The summed E-state index contributed by atoms with van der Waals surface area (Å²) in [6, 6.07) is 7.51. The standard InChI is InChI=1S/C13H16N2O3/c1-4-9-15(14-13(16)18-3)10-11-5-7-12(17-2)8-6-11/h1,5-8H,9-10H2,2-3H3,(H,14,16). The summed E-state index contributed by atoms with van der Waals surface area (Å²) in [5.41, 5.74) is 3.55. The fraction of sp³-hybridized carbons (Fsp3) is 0.308. The molecule has 0 bridgehead atoms. The number of amides is 1. The first kappa shape index (κ1) is 13.9. The summed E-state index contributed by atoms with van der Waals surface area (Å²) in [5, 5.41) is 1.59. The van der Waals surface area contributed by atoms with Gasteiger partial charge in [0.05, 0.1) is 20.8 Å². The molecule has 5 heteroatoms. The fourth-order valence-corrected chi connectivity index (χ4v) is 1.37. The number of nitrogens with one attached hydrogen (secondary N) is 1. The van der Waals surface area contributed by atoms with Crippen molar-refractivity contribution in [3.63, 3.8) is 0 Å². The van der Waals surface area contributed by atoms with Gasteiger partial charge in [0.2, 0.25) is 0 Å². The average Bonchev–Trinajstić information content (AvgIpc) is 2.39. The van der Waals surface area contributed by atoms with E-state index in [4.69, 9.17) is 11.2 Å². The lowest BCUT2D eigenvalue weighted by Crippen LogP contribution is -2.41. The summed E-state index contributed by atoms with van der Waals surface area (Å²) < 4.78 is 9.59. The minimum absolute atomic E-state index is 0.293. The van der Waals surface area contributed by atoms with Crippen molar-refractivity contribution in [3.05, 3.63) is 29.8 Å². The van der Waals surface area contributed by atoms with Crippen molar-refractivity contribution in [1.29, 1.82) is 0 Å². The molecule has 0 atom stereocenters. The van der Waals surface area contributed by atoms with Gasteiger partial charge < -0.3 is 9.47 Å². The van der Waals surface area contributed by atoms with Gasteiger partial charge in [0.25, 0.3) is 0 Å². The molecule has 0 aromatic heterocycles. The van der Waals surface area contributed by atoms with Gasteiger partial charge in [0, 0.05) is 6.54 Å². The first-order valence-electron chi connectivity index (χ1n) is 5.35. The third-order valence-corrected chi connectivity index (χ3v) is 2.25. The number of ether oxygens (including phenoxy) is 2. The van der Waals surface area contributed by atoms with Crippen LogP contribution in [0.15, 0.2) is 24.3 Å². The Kier molecular flexibility index (Phi) is 5.55. The first-order chi connectivity index (χ1) is 8.69. The van der Waals surface area contributed by atoms with E-state index < -0.39 is 6.09 Å². The quantitative estimate of drug-likeness (QED) is 0.632. The predicted octanol–water partition coefficient (Wildman–Crippen LogP) is 1.40. The van der Waals surface area contributed by atoms with Crippen molar-refractivity contribution in [2.24, 2.45) is 0 Å². The number of rotatable bonds is 5. The van der Waals surface area contributed by atoms with E-state index >= 15 is 0 Å². The molecule has 0 radical (unpaired) electrons. The monoisotopic (exact) mass is 248 g/mol. The molecular formula is C13H16N2O3. The molecule has 0 fully saturated rings. The summed E-state index contributed by atoms with van der Waals surface area (Å²) in [4.78, 5) is 11.1. The van der Waals surface area contributed by atoms with Gasteiger partial charge in [-0.25, -0.2) is 9.80 Å². The molecule has 0 aliphatic heterocycles. The summed E-state index contributed by atoms with van der Waals surface area (Å²) in [6.07, 6.45) is 4.70. The van der Waals surface area contributed by atoms with Crippen molar-refractivity contribution >= 4 is 6.09 Å². The van der Waals surface area contributed by atoms with Crippen LogP contribution in [0.5, 0.6) is 5.75 Å². The molecule has 0 spiro atoms. The Hall–Kier alpha value is -2.19. The van der Waals surface area contributed by atoms with Crippen molar-refractivity contribution in [2.75, 3.05) is 20.8 Å². The molecule has 0 aliphatic rings. The fourth-order valence-electron chi connectivity index (χ4n) is 1.37. The van der Waals surface area contributed by atoms with E-state index in [1.807, 2.05) is 24.3 Å².